The van der Waals surface area contributed by atoms with Gasteiger partial charge in [0.15, 0.2) is 5.78 Å². The van der Waals surface area contributed by atoms with Crippen molar-refractivity contribution in [1.29, 1.82) is 0 Å². The number of carbonyl (C=O) groups excluding carboxylic acids is 1. The van der Waals surface area contributed by atoms with E-state index in [1.807, 2.05) is 17.4 Å². The van der Waals surface area contributed by atoms with Gasteiger partial charge >= 0.3 is 0 Å². The molecule has 2 aromatic heterocycles. The third-order valence-corrected chi connectivity index (χ3v) is 7.48. The molecule has 1 N–H and O–H groups in total. The maximum atomic E-state index is 10.0. The summed E-state index contributed by atoms with van der Waals surface area (Å²) >= 11 is 1.84. The standard InChI is InChI=1S/C27H14NS.C5H8O2.Ir/c1-2-8-17-16(7-1)18-10-5-12-22-26(18)21(17)15-23(28-22)19-11-6-14-25-27(19)20-9-3-4-13-24(20)29-25;1-4(6)3-5(2)7;/h1-10,12-15H;3,6H,1-2H3;/q-1;;. The van der Waals surface area contributed by atoms with Crippen molar-refractivity contribution in [2.45, 2.75) is 13.8 Å². The first-order valence-corrected chi connectivity index (χ1v) is 12.6. The van der Waals surface area contributed by atoms with Gasteiger partial charge in [-0.05, 0) is 64.0 Å². The number of aliphatic hydroxyl groups is 1. The molecule has 0 aliphatic heterocycles. The van der Waals surface area contributed by atoms with E-state index in [-0.39, 0.29) is 31.6 Å². The molecule has 0 amide bonds. The number of aliphatic hydroxyl groups excluding tert-OH is 1. The summed E-state index contributed by atoms with van der Waals surface area (Å²) in [5, 5.41) is 12.2. The third kappa shape index (κ3) is 4.40. The van der Waals surface area contributed by atoms with Crippen LogP contribution in [0.3, 0.4) is 0 Å². The normalized spacial score (nSPS) is 11.7. The smallest absolute Gasteiger partial charge is 0.155 e. The molecule has 1 radical (unpaired) electrons. The molecule has 5 heteroatoms. The molecular formula is C32H22IrNO2S-. The van der Waals surface area contributed by atoms with E-state index in [4.69, 9.17) is 10.1 Å². The minimum atomic E-state index is -0.125. The largest absolute Gasteiger partial charge is 0.512 e. The van der Waals surface area contributed by atoms with Crippen molar-refractivity contribution in [3.8, 4) is 33.5 Å². The Hall–Kier alpha value is -3.63. The second-order valence-electron chi connectivity index (χ2n) is 8.89. The van der Waals surface area contributed by atoms with Crippen LogP contribution in [-0.2, 0) is 24.9 Å². The van der Waals surface area contributed by atoms with E-state index >= 15 is 0 Å². The molecule has 0 fully saturated rings. The quantitative estimate of drug-likeness (QED) is 0.113. The van der Waals surface area contributed by atoms with Gasteiger partial charge in [-0.15, -0.1) is 23.8 Å². The van der Waals surface area contributed by atoms with E-state index in [2.05, 4.69) is 84.9 Å². The van der Waals surface area contributed by atoms with E-state index in [0.717, 1.165) is 16.8 Å². The van der Waals surface area contributed by atoms with Gasteiger partial charge in [0.05, 0.1) is 11.3 Å². The van der Waals surface area contributed by atoms with Gasteiger partial charge in [0, 0.05) is 36.3 Å². The predicted octanol–water partition coefficient (Wildman–Crippen LogP) is 8.75. The monoisotopic (exact) mass is 677 g/mol. The van der Waals surface area contributed by atoms with Gasteiger partial charge in [-0.25, -0.2) is 0 Å². The van der Waals surface area contributed by atoms with Gasteiger partial charge in [0.1, 0.15) is 0 Å². The van der Waals surface area contributed by atoms with Gasteiger partial charge in [-0.3, -0.25) is 9.78 Å². The average Bonchev–Trinajstić information content (AvgIpc) is 3.41. The van der Waals surface area contributed by atoms with Gasteiger partial charge in [-0.2, -0.15) is 11.3 Å². The van der Waals surface area contributed by atoms with Crippen LogP contribution in [0.5, 0.6) is 0 Å². The number of hydrogen-bond donors (Lipinski definition) is 1. The first-order chi connectivity index (χ1) is 17.5. The Morgan fingerprint density at radius 1 is 0.838 bits per heavy atom. The Morgan fingerprint density at radius 3 is 2.27 bits per heavy atom. The molecule has 3 nitrogen and oxygen atoms in total. The van der Waals surface area contributed by atoms with E-state index in [0.29, 0.717) is 0 Å². The fourth-order valence-corrected chi connectivity index (χ4v) is 6.13. The summed E-state index contributed by atoms with van der Waals surface area (Å²) in [6.45, 7) is 2.85. The Morgan fingerprint density at radius 2 is 1.54 bits per heavy atom. The second-order valence-corrected chi connectivity index (χ2v) is 9.97. The minimum absolute atomic E-state index is 0. The number of nitrogens with zero attached hydrogens (tertiary/aromatic N) is 1. The van der Waals surface area contributed by atoms with E-state index < -0.39 is 0 Å². The molecule has 1 aliphatic carbocycles. The fraction of sp³-hybridized carbons (Fsp3) is 0.0625. The summed E-state index contributed by atoms with van der Waals surface area (Å²) in [4.78, 5) is 15.1. The average molecular weight is 677 g/mol. The summed E-state index contributed by atoms with van der Waals surface area (Å²) in [5.74, 6) is -0.0625. The topological polar surface area (TPSA) is 50.2 Å². The van der Waals surface area contributed by atoms with Crippen molar-refractivity contribution in [2.75, 3.05) is 0 Å². The second kappa shape index (κ2) is 10.0. The number of hydrogen-bond acceptors (Lipinski definition) is 4. The molecule has 0 spiro atoms. The van der Waals surface area contributed by atoms with Crippen LogP contribution in [0.15, 0.2) is 96.8 Å². The molecule has 1 aliphatic rings. The fourth-order valence-electron chi connectivity index (χ4n) is 5.01. The molecule has 183 valence electrons. The van der Waals surface area contributed by atoms with Crippen LogP contribution >= 0.6 is 11.3 Å². The van der Waals surface area contributed by atoms with Crippen molar-refractivity contribution >= 4 is 48.2 Å². The number of carbonyl (C=O) groups is 1. The van der Waals surface area contributed by atoms with Gasteiger partial charge in [-0.1, -0.05) is 66.0 Å². The first kappa shape index (κ1) is 25.0. The van der Waals surface area contributed by atoms with Crippen LogP contribution < -0.4 is 0 Å². The number of allylic oxidation sites excluding steroid dienone is 2. The molecule has 7 rings (SSSR count). The molecule has 0 unspecified atom stereocenters. The molecule has 6 aromatic rings. The number of rotatable bonds is 2. The van der Waals surface area contributed by atoms with Crippen molar-refractivity contribution in [3.05, 3.63) is 103 Å². The van der Waals surface area contributed by atoms with Crippen molar-refractivity contribution in [1.82, 2.24) is 4.98 Å². The SMILES string of the molecule is CC(=O)C=C(C)O.[Ir].[c-]1ccc2sc3ccccc3c2c1-c1cc2c3c(cccc3n1)-c1ccccc1-2. The van der Waals surface area contributed by atoms with Gasteiger partial charge in [0.2, 0.25) is 0 Å². The Kier molecular flexibility index (Phi) is 6.78. The van der Waals surface area contributed by atoms with Crippen molar-refractivity contribution in [3.63, 3.8) is 0 Å². The maximum Gasteiger partial charge on any atom is 0.155 e. The van der Waals surface area contributed by atoms with E-state index in [1.165, 1.54) is 67.7 Å². The molecule has 37 heavy (non-hydrogen) atoms. The van der Waals surface area contributed by atoms with Gasteiger partial charge < -0.3 is 5.11 Å². The van der Waals surface area contributed by atoms with Crippen LogP contribution in [0.25, 0.3) is 64.6 Å². The van der Waals surface area contributed by atoms with E-state index in [9.17, 15) is 4.79 Å². The number of fused-ring (bicyclic) bond motifs is 6. The van der Waals surface area contributed by atoms with Crippen LogP contribution in [-0.4, -0.2) is 15.9 Å². The molecule has 0 saturated carbocycles. The van der Waals surface area contributed by atoms with Crippen LogP contribution in [0, 0.1) is 6.07 Å². The molecule has 4 aromatic carbocycles. The zero-order valence-corrected chi connectivity index (χ0v) is 23.4. The molecule has 0 bridgehead atoms. The number of benzene rings is 4. The summed E-state index contributed by atoms with van der Waals surface area (Å²) in [5.41, 5.74) is 8.30. The summed E-state index contributed by atoms with van der Waals surface area (Å²) in [7, 11) is 0. The van der Waals surface area contributed by atoms with Crippen LogP contribution in [0.4, 0.5) is 0 Å². The Balaban J connectivity index is 0.000000313. The predicted molar refractivity (Wildman–Crippen MR) is 150 cm³/mol. The molecular weight excluding hydrogens is 655 g/mol. The molecule has 2 heterocycles. The number of thiophene rings is 1. The summed E-state index contributed by atoms with van der Waals surface area (Å²) in [6.07, 6.45) is 1.17. The van der Waals surface area contributed by atoms with Crippen molar-refractivity contribution < 1.29 is 30.0 Å². The zero-order valence-electron chi connectivity index (χ0n) is 20.2. The van der Waals surface area contributed by atoms with Gasteiger partial charge in [0.25, 0.3) is 0 Å². The molecule has 0 saturated heterocycles. The Labute approximate surface area is 232 Å². The summed E-state index contributed by atoms with van der Waals surface area (Å²) in [6, 6.07) is 33.7. The maximum absolute atomic E-state index is 10.0. The number of ketones is 1. The zero-order chi connectivity index (χ0) is 24.8. The van der Waals surface area contributed by atoms with Crippen LogP contribution in [0.1, 0.15) is 13.8 Å². The Bertz CT molecular complexity index is 1850. The summed E-state index contributed by atoms with van der Waals surface area (Å²) < 4.78 is 2.59. The van der Waals surface area contributed by atoms with E-state index in [1.54, 1.807) is 0 Å². The number of aromatic nitrogens is 1. The third-order valence-electron chi connectivity index (χ3n) is 6.34. The van der Waals surface area contributed by atoms with Crippen molar-refractivity contribution in [2.24, 2.45) is 0 Å². The number of pyridine rings is 1. The van der Waals surface area contributed by atoms with Crippen LogP contribution in [0.2, 0.25) is 0 Å². The first-order valence-electron chi connectivity index (χ1n) is 11.7. The minimum Gasteiger partial charge on any atom is -0.512 e. The molecule has 0 atom stereocenters.